The topological polar surface area (TPSA) is 48.5 Å². The summed E-state index contributed by atoms with van der Waals surface area (Å²) >= 11 is 0. The number of hydrogen-bond acceptors (Lipinski definition) is 4. The molecule has 5 heteroatoms. The molecule has 2 heterocycles. The minimum Gasteiger partial charge on any atom is -0.383 e. The molecule has 1 aromatic heterocycles. The van der Waals surface area contributed by atoms with Crippen molar-refractivity contribution in [3.05, 3.63) is 24.0 Å². The molecule has 5 nitrogen and oxygen atoms in total. The number of piperazine rings is 1. The van der Waals surface area contributed by atoms with Gasteiger partial charge in [0.05, 0.1) is 17.4 Å². The summed E-state index contributed by atoms with van der Waals surface area (Å²) in [5.74, 6) is 0.0956. The zero-order valence-corrected chi connectivity index (χ0v) is 11.9. The lowest BCUT2D eigenvalue weighted by Gasteiger charge is -2.37. The van der Waals surface area contributed by atoms with Crippen LogP contribution in [-0.4, -0.2) is 60.0 Å². The summed E-state index contributed by atoms with van der Waals surface area (Å²) in [5.41, 5.74) is 1.54. The molecule has 1 aliphatic heterocycles. The lowest BCUT2D eigenvalue weighted by molar-refractivity contribution is 0.0573. The maximum Gasteiger partial charge on any atom is 0.256 e. The Kier molecular flexibility index (Phi) is 4.37. The van der Waals surface area contributed by atoms with Crippen LogP contribution < -0.4 is 5.32 Å². The van der Waals surface area contributed by atoms with Crippen LogP contribution in [0.4, 0.5) is 5.69 Å². The Morgan fingerprint density at radius 2 is 2.32 bits per heavy atom. The highest BCUT2D eigenvalue weighted by atomic mass is 16.2. The Labute approximate surface area is 114 Å². The predicted octanol–water partition coefficient (Wildman–Crippen LogP) is 1.29. The van der Waals surface area contributed by atoms with E-state index in [-0.39, 0.29) is 5.91 Å². The first-order valence-electron chi connectivity index (χ1n) is 6.81. The number of likely N-dealkylation sites (N-methyl/N-ethyl adjacent to an activating group) is 1. The summed E-state index contributed by atoms with van der Waals surface area (Å²) in [6.07, 6.45) is 3.39. The highest BCUT2D eigenvalue weighted by molar-refractivity contribution is 5.99. The molecule has 1 unspecified atom stereocenters. The number of aromatic nitrogens is 1. The van der Waals surface area contributed by atoms with Crippen LogP contribution in [0.2, 0.25) is 0 Å². The number of hydrogen-bond donors (Lipinski definition) is 1. The van der Waals surface area contributed by atoms with Crippen LogP contribution >= 0.6 is 0 Å². The van der Waals surface area contributed by atoms with Crippen LogP contribution in [0.15, 0.2) is 18.5 Å². The highest BCUT2D eigenvalue weighted by Crippen LogP contribution is 2.18. The van der Waals surface area contributed by atoms with Gasteiger partial charge >= 0.3 is 0 Å². The Bertz CT molecular complexity index is 449. The van der Waals surface area contributed by atoms with Crippen molar-refractivity contribution in [2.45, 2.75) is 19.9 Å². The largest absolute Gasteiger partial charge is 0.383 e. The minimum absolute atomic E-state index is 0.0956. The Morgan fingerprint density at radius 3 is 3.00 bits per heavy atom. The fraction of sp³-hybridized carbons (Fsp3) is 0.571. The van der Waals surface area contributed by atoms with Crippen molar-refractivity contribution in [1.82, 2.24) is 14.8 Å². The van der Waals surface area contributed by atoms with Gasteiger partial charge in [-0.05, 0) is 27.0 Å². The van der Waals surface area contributed by atoms with Crippen molar-refractivity contribution < 1.29 is 4.79 Å². The molecule has 0 aliphatic carbocycles. The maximum absolute atomic E-state index is 12.6. The van der Waals surface area contributed by atoms with Crippen LogP contribution in [0.5, 0.6) is 0 Å². The monoisotopic (exact) mass is 262 g/mol. The zero-order chi connectivity index (χ0) is 13.8. The van der Waals surface area contributed by atoms with E-state index in [1.54, 1.807) is 18.5 Å². The molecule has 0 bridgehead atoms. The summed E-state index contributed by atoms with van der Waals surface area (Å²) in [5, 5.41) is 3.20. The molecule has 19 heavy (non-hydrogen) atoms. The first-order valence-corrected chi connectivity index (χ1v) is 6.81. The van der Waals surface area contributed by atoms with E-state index >= 15 is 0 Å². The fourth-order valence-corrected chi connectivity index (χ4v) is 2.32. The van der Waals surface area contributed by atoms with Crippen molar-refractivity contribution in [2.24, 2.45) is 0 Å². The molecular formula is C14H22N4O. The molecule has 2 rings (SSSR count). The normalized spacial score (nSPS) is 20.4. The second-order valence-electron chi connectivity index (χ2n) is 5.03. The lowest BCUT2D eigenvalue weighted by Crippen LogP contribution is -2.52. The smallest absolute Gasteiger partial charge is 0.256 e. The van der Waals surface area contributed by atoms with E-state index in [1.807, 2.05) is 11.8 Å². The van der Waals surface area contributed by atoms with Crippen LogP contribution in [0, 0.1) is 0 Å². The van der Waals surface area contributed by atoms with E-state index < -0.39 is 0 Å². The first kappa shape index (κ1) is 13.8. The zero-order valence-electron chi connectivity index (χ0n) is 11.9. The van der Waals surface area contributed by atoms with Gasteiger partial charge < -0.3 is 15.1 Å². The number of nitrogens with one attached hydrogen (secondary N) is 1. The minimum atomic E-state index is 0.0956. The summed E-state index contributed by atoms with van der Waals surface area (Å²) in [7, 11) is 2.10. The molecule has 0 aromatic carbocycles. The SMILES string of the molecule is CCNc1cnccc1C(=O)N1CCN(C)C(C)C1. The van der Waals surface area contributed by atoms with Gasteiger partial charge in [-0.1, -0.05) is 0 Å². The second kappa shape index (κ2) is 6.02. The van der Waals surface area contributed by atoms with Crippen LogP contribution in [0.25, 0.3) is 0 Å². The molecular weight excluding hydrogens is 240 g/mol. The van der Waals surface area contributed by atoms with Gasteiger partial charge in [0, 0.05) is 38.4 Å². The lowest BCUT2D eigenvalue weighted by atomic mass is 10.1. The van der Waals surface area contributed by atoms with Gasteiger partial charge in [0.1, 0.15) is 0 Å². The van der Waals surface area contributed by atoms with E-state index in [0.717, 1.165) is 31.9 Å². The number of carbonyl (C=O) groups excluding carboxylic acids is 1. The van der Waals surface area contributed by atoms with E-state index in [4.69, 9.17) is 0 Å². The Morgan fingerprint density at radius 1 is 1.53 bits per heavy atom. The van der Waals surface area contributed by atoms with Gasteiger partial charge in [-0.25, -0.2) is 0 Å². The highest BCUT2D eigenvalue weighted by Gasteiger charge is 2.26. The summed E-state index contributed by atoms with van der Waals surface area (Å²) in [6.45, 7) is 7.44. The van der Waals surface area contributed by atoms with Crippen LogP contribution in [0.3, 0.4) is 0 Å². The molecule has 1 saturated heterocycles. The van der Waals surface area contributed by atoms with E-state index in [2.05, 4.69) is 29.2 Å². The molecule has 1 aliphatic rings. The molecule has 1 fully saturated rings. The molecule has 1 amide bonds. The van der Waals surface area contributed by atoms with E-state index in [0.29, 0.717) is 11.6 Å². The van der Waals surface area contributed by atoms with Crippen molar-refractivity contribution in [2.75, 3.05) is 38.5 Å². The Hall–Kier alpha value is -1.62. The predicted molar refractivity (Wildman–Crippen MR) is 76.4 cm³/mol. The number of anilines is 1. The summed E-state index contributed by atoms with van der Waals surface area (Å²) in [6, 6.07) is 2.20. The molecule has 1 aromatic rings. The number of pyridine rings is 1. The van der Waals surface area contributed by atoms with Crippen molar-refractivity contribution in [1.29, 1.82) is 0 Å². The molecule has 1 N–H and O–H groups in total. The molecule has 104 valence electrons. The third-order valence-electron chi connectivity index (χ3n) is 3.67. The maximum atomic E-state index is 12.6. The van der Waals surface area contributed by atoms with Gasteiger partial charge in [-0.2, -0.15) is 0 Å². The van der Waals surface area contributed by atoms with Crippen molar-refractivity contribution in [3.8, 4) is 0 Å². The van der Waals surface area contributed by atoms with Gasteiger partial charge in [-0.3, -0.25) is 9.78 Å². The van der Waals surface area contributed by atoms with Crippen LogP contribution in [0.1, 0.15) is 24.2 Å². The number of carbonyl (C=O) groups is 1. The fourth-order valence-electron chi connectivity index (χ4n) is 2.32. The van der Waals surface area contributed by atoms with Gasteiger partial charge in [0.2, 0.25) is 0 Å². The van der Waals surface area contributed by atoms with E-state index in [1.165, 1.54) is 0 Å². The van der Waals surface area contributed by atoms with Gasteiger partial charge in [0.15, 0.2) is 0 Å². The standard InChI is InChI=1S/C14H22N4O/c1-4-16-13-9-15-6-5-12(13)14(19)18-8-7-17(3)11(2)10-18/h5-6,9,11,16H,4,7-8,10H2,1-3H3. The quantitative estimate of drug-likeness (QED) is 0.891. The van der Waals surface area contributed by atoms with Gasteiger partial charge in [0.25, 0.3) is 5.91 Å². The third-order valence-corrected chi connectivity index (χ3v) is 3.67. The van der Waals surface area contributed by atoms with Crippen LogP contribution in [-0.2, 0) is 0 Å². The van der Waals surface area contributed by atoms with Gasteiger partial charge in [-0.15, -0.1) is 0 Å². The number of amides is 1. The first-order chi connectivity index (χ1) is 9.13. The second-order valence-corrected chi connectivity index (χ2v) is 5.03. The van der Waals surface area contributed by atoms with Crippen molar-refractivity contribution >= 4 is 11.6 Å². The summed E-state index contributed by atoms with van der Waals surface area (Å²) in [4.78, 5) is 20.9. The Balaban J connectivity index is 2.15. The molecule has 0 saturated carbocycles. The van der Waals surface area contributed by atoms with Crippen molar-refractivity contribution in [3.63, 3.8) is 0 Å². The van der Waals surface area contributed by atoms with E-state index in [9.17, 15) is 4.79 Å². The number of rotatable bonds is 3. The molecule has 0 spiro atoms. The molecule has 0 radical (unpaired) electrons. The average Bonchev–Trinajstić information content (AvgIpc) is 2.42. The molecule has 1 atom stereocenters. The third kappa shape index (κ3) is 3.04. The number of nitrogens with zero attached hydrogens (tertiary/aromatic N) is 3. The summed E-state index contributed by atoms with van der Waals surface area (Å²) < 4.78 is 0. The average molecular weight is 262 g/mol.